The van der Waals surface area contributed by atoms with Gasteiger partial charge in [0, 0.05) is 22.2 Å². The van der Waals surface area contributed by atoms with Crippen LogP contribution in [0.15, 0.2) is 65.3 Å². The quantitative estimate of drug-likeness (QED) is 0.143. The van der Waals surface area contributed by atoms with E-state index in [2.05, 4.69) is 10.6 Å². The summed E-state index contributed by atoms with van der Waals surface area (Å²) in [5.74, 6) is -1.59. The second kappa shape index (κ2) is 11.7. The summed E-state index contributed by atoms with van der Waals surface area (Å²) in [4.78, 5) is 25.6. The smallest absolute Gasteiger partial charge is 0.298 e. The maximum absolute atomic E-state index is 13.0. The second-order valence-electron chi connectivity index (χ2n) is 8.95. The third kappa shape index (κ3) is 6.62. The van der Waals surface area contributed by atoms with Gasteiger partial charge in [0.05, 0.1) is 16.3 Å². The summed E-state index contributed by atoms with van der Waals surface area (Å²) in [6, 6.07) is 13.1. The molecule has 1 unspecified atom stereocenters. The zero-order chi connectivity index (χ0) is 29.2. The zero-order valence-electron chi connectivity index (χ0n) is 21.3. The summed E-state index contributed by atoms with van der Waals surface area (Å²) >= 11 is 11.9. The first-order valence-corrected chi connectivity index (χ1v) is 14.2. The third-order valence-corrected chi connectivity index (χ3v) is 7.32. The average molecular weight is 603 g/mol. The molecule has 0 fully saturated rings. The number of hydrogen-bond donors (Lipinski definition) is 5. The Labute approximate surface area is 240 Å². The Morgan fingerprint density at radius 3 is 2.33 bits per heavy atom. The van der Waals surface area contributed by atoms with Crippen molar-refractivity contribution < 1.29 is 22.4 Å². The molecule has 40 heavy (non-hydrogen) atoms. The van der Waals surface area contributed by atoms with Crippen molar-refractivity contribution in [2.24, 2.45) is 5.14 Å². The van der Waals surface area contributed by atoms with Gasteiger partial charge in [0.1, 0.15) is 17.5 Å². The molecule has 2 amide bonds. The van der Waals surface area contributed by atoms with Crippen molar-refractivity contribution in [2.75, 3.05) is 5.32 Å². The van der Waals surface area contributed by atoms with Crippen LogP contribution >= 0.6 is 23.2 Å². The fraction of sp³-hybridized carbons (Fsp3) is 0.148. The van der Waals surface area contributed by atoms with E-state index >= 15 is 0 Å². The molecule has 208 valence electrons. The molecule has 13 heteroatoms. The molecule has 4 rings (SSSR count). The van der Waals surface area contributed by atoms with E-state index < -0.39 is 28.1 Å². The molecule has 0 bridgehead atoms. The lowest BCUT2D eigenvalue weighted by Crippen LogP contribution is -2.41. The Hall–Kier alpha value is -3.90. The van der Waals surface area contributed by atoms with Gasteiger partial charge in [-0.3, -0.25) is 15.0 Å². The average Bonchev–Trinajstić information content (AvgIpc) is 3.28. The van der Waals surface area contributed by atoms with Gasteiger partial charge in [-0.15, -0.1) is 0 Å². The van der Waals surface area contributed by atoms with Gasteiger partial charge in [0.2, 0.25) is 0 Å². The Bertz CT molecular complexity index is 1740. The number of benzene rings is 3. The van der Waals surface area contributed by atoms with E-state index in [0.717, 1.165) is 16.5 Å². The van der Waals surface area contributed by atoms with Crippen molar-refractivity contribution in [2.45, 2.75) is 26.3 Å². The molecule has 0 aliphatic rings. The number of anilines is 1. The first-order chi connectivity index (χ1) is 18.9. The largest absolute Gasteiger partial charge is 0.464 e. The highest BCUT2D eigenvalue weighted by Gasteiger charge is 2.25. The zero-order valence-corrected chi connectivity index (χ0v) is 23.7. The molecule has 10 nitrogen and oxygen atoms in total. The van der Waals surface area contributed by atoms with Gasteiger partial charge >= 0.3 is 0 Å². The van der Waals surface area contributed by atoms with Crippen molar-refractivity contribution in [3.8, 4) is 0 Å². The van der Waals surface area contributed by atoms with E-state index in [0.29, 0.717) is 33.8 Å². The fourth-order valence-corrected chi connectivity index (χ4v) is 4.78. The summed E-state index contributed by atoms with van der Waals surface area (Å²) < 4.78 is 30.8. The van der Waals surface area contributed by atoms with Gasteiger partial charge < -0.3 is 15.1 Å². The number of halogens is 2. The molecule has 0 saturated carbocycles. The number of amidine groups is 1. The van der Waals surface area contributed by atoms with Gasteiger partial charge in [-0.2, -0.15) is 8.42 Å². The molecular weight excluding hydrogens is 577 g/mol. The number of fused-ring (bicyclic) bond motifs is 1. The number of hydrogen-bond acceptors (Lipinski definition) is 7. The van der Waals surface area contributed by atoms with Crippen molar-refractivity contribution in [1.82, 2.24) is 10.0 Å². The first kappa shape index (κ1) is 29.1. The first-order valence-electron chi connectivity index (χ1n) is 11.9. The molecule has 0 aliphatic carbocycles. The minimum Gasteiger partial charge on any atom is -0.464 e. The van der Waals surface area contributed by atoms with Gasteiger partial charge in [0.15, 0.2) is 0 Å². The molecule has 3 aromatic carbocycles. The molecule has 1 aromatic heterocycles. The van der Waals surface area contributed by atoms with Crippen LogP contribution in [0.2, 0.25) is 10.0 Å². The SMILES string of the molecule is CCc1cc(C(Nc2ccc(C(=N)NC(=O)c3ccc(Cl)c(Cl)c3)cc2)C(=O)NS(N)(=O)=O)cc2c(C)coc12. The lowest BCUT2D eigenvalue weighted by atomic mass is 9.98. The van der Waals surface area contributed by atoms with Crippen molar-refractivity contribution in [3.05, 3.63) is 98.7 Å². The maximum Gasteiger partial charge on any atom is 0.298 e. The molecule has 0 radical (unpaired) electrons. The van der Waals surface area contributed by atoms with Crippen LogP contribution in [0, 0.1) is 12.3 Å². The van der Waals surface area contributed by atoms with Crippen LogP contribution in [0.3, 0.4) is 0 Å². The number of furan rings is 1. The topological polar surface area (TPSA) is 167 Å². The molecule has 0 spiro atoms. The summed E-state index contributed by atoms with van der Waals surface area (Å²) in [5, 5.41) is 20.2. The number of nitrogens with one attached hydrogen (secondary N) is 4. The molecule has 0 saturated heterocycles. The Morgan fingerprint density at radius 1 is 1.02 bits per heavy atom. The normalized spacial score (nSPS) is 12.1. The van der Waals surface area contributed by atoms with E-state index in [4.69, 9.17) is 38.2 Å². The molecular formula is C27H25Cl2N5O5S. The maximum atomic E-state index is 13.0. The minimum atomic E-state index is -4.32. The van der Waals surface area contributed by atoms with Gasteiger partial charge in [0.25, 0.3) is 22.0 Å². The van der Waals surface area contributed by atoms with Crippen LogP contribution < -0.4 is 20.5 Å². The molecule has 1 heterocycles. The van der Waals surface area contributed by atoms with Crippen LogP contribution in [0.4, 0.5) is 5.69 Å². The van der Waals surface area contributed by atoms with Crippen molar-refractivity contribution in [1.29, 1.82) is 5.41 Å². The number of carbonyl (C=O) groups excluding carboxylic acids is 2. The summed E-state index contributed by atoms with van der Waals surface area (Å²) in [7, 11) is -4.32. The van der Waals surface area contributed by atoms with E-state index in [1.54, 1.807) is 42.7 Å². The molecule has 6 N–H and O–H groups in total. The predicted molar refractivity (Wildman–Crippen MR) is 155 cm³/mol. The van der Waals surface area contributed by atoms with E-state index in [9.17, 15) is 18.0 Å². The summed E-state index contributed by atoms with van der Waals surface area (Å²) in [6.07, 6.45) is 2.24. The van der Waals surface area contributed by atoms with Crippen molar-refractivity contribution >= 4 is 67.7 Å². The number of amides is 2. The highest BCUT2D eigenvalue weighted by Crippen LogP contribution is 2.31. The summed E-state index contributed by atoms with van der Waals surface area (Å²) in [6.45, 7) is 3.81. The van der Waals surface area contributed by atoms with E-state index in [-0.39, 0.29) is 16.4 Å². The Kier molecular flexibility index (Phi) is 8.50. The number of carbonyl (C=O) groups is 2. The van der Waals surface area contributed by atoms with Crippen LogP contribution in [0.5, 0.6) is 0 Å². The predicted octanol–water partition coefficient (Wildman–Crippen LogP) is 4.84. The van der Waals surface area contributed by atoms with Gasteiger partial charge in [-0.05, 0) is 84.6 Å². The molecule has 1 atom stereocenters. The number of aryl methyl sites for hydroxylation is 2. The lowest BCUT2D eigenvalue weighted by molar-refractivity contribution is -0.120. The summed E-state index contributed by atoms with van der Waals surface area (Å²) in [5.41, 5.74) is 3.97. The van der Waals surface area contributed by atoms with Crippen LogP contribution in [-0.2, 0) is 21.4 Å². The van der Waals surface area contributed by atoms with E-state index in [1.807, 2.05) is 18.6 Å². The van der Waals surface area contributed by atoms with Gasteiger partial charge in [-0.25, -0.2) is 9.86 Å². The monoisotopic (exact) mass is 601 g/mol. The van der Waals surface area contributed by atoms with Crippen molar-refractivity contribution in [3.63, 3.8) is 0 Å². The van der Waals surface area contributed by atoms with Crippen LogP contribution in [0.25, 0.3) is 11.0 Å². The number of rotatable bonds is 8. The van der Waals surface area contributed by atoms with Crippen LogP contribution in [-0.4, -0.2) is 26.1 Å². The van der Waals surface area contributed by atoms with E-state index in [1.165, 1.54) is 18.2 Å². The number of nitrogens with two attached hydrogens (primary N) is 1. The lowest BCUT2D eigenvalue weighted by Gasteiger charge is -2.20. The Balaban J connectivity index is 1.59. The highest BCUT2D eigenvalue weighted by molar-refractivity contribution is 7.87. The molecule has 0 aliphatic heterocycles. The minimum absolute atomic E-state index is 0.167. The highest BCUT2D eigenvalue weighted by atomic mass is 35.5. The third-order valence-electron chi connectivity index (χ3n) is 6.09. The molecule has 4 aromatic rings. The second-order valence-corrected chi connectivity index (χ2v) is 11.1. The Morgan fingerprint density at radius 2 is 1.70 bits per heavy atom. The fourth-order valence-electron chi connectivity index (χ4n) is 4.08. The van der Waals surface area contributed by atoms with Crippen LogP contribution in [0.1, 0.15) is 45.6 Å². The van der Waals surface area contributed by atoms with Gasteiger partial charge in [-0.1, -0.05) is 30.1 Å². The standard InChI is InChI=1S/C27H25Cl2N5O5S/c1-3-15-10-18(11-20-14(2)13-39-24(15)20)23(27(36)34-40(31,37)38)32-19-7-4-16(5-8-19)25(30)33-26(35)17-6-9-21(28)22(29)12-17/h4-13,23,32H,3H2,1-2H3,(H,34,36)(H2,30,33,35)(H2,31,37,38).